The second-order valence-corrected chi connectivity index (χ2v) is 7.81. The molecule has 0 amide bonds. The molecule has 2 aromatic rings. The van der Waals surface area contributed by atoms with Crippen molar-refractivity contribution in [3.63, 3.8) is 0 Å². The largest absolute Gasteiger partial charge is 0.379 e. The fraction of sp³-hybridized carbons (Fsp3) is 0.619. The highest BCUT2D eigenvalue weighted by Gasteiger charge is 2.28. The molecule has 154 valence electrons. The number of rotatable bonds is 8. The van der Waals surface area contributed by atoms with Gasteiger partial charge >= 0.3 is 0 Å². The lowest BCUT2D eigenvalue weighted by Crippen LogP contribution is -2.52. The van der Waals surface area contributed by atoms with Crippen LogP contribution in [0.25, 0.3) is 11.0 Å². The zero-order valence-electron chi connectivity index (χ0n) is 17.4. The number of aliphatic imine (C=N–C) groups is 1. The zero-order chi connectivity index (χ0) is 19.8. The summed E-state index contributed by atoms with van der Waals surface area (Å²) in [4.78, 5) is 11.8. The Hall–Kier alpha value is -2.12. The highest BCUT2D eigenvalue weighted by molar-refractivity contribution is 5.79. The Labute approximate surface area is 168 Å². The standard InChI is InChI=1S/C21H34N6O/c1-4-22-20(24-16-21(2,3)27-12-14-28-15-13-27)23-10-7-11-26-17-25-18-8-5-6-9-19(18)26/h5-6,8-9,17H,4,7,10-16H2,1-3H3,(H2,22,23,24). The molecule has 2 N–H and O–H groups in total. The van der Waals surface area contributed by atoms with E-state index in [4.69, 9.17) is 9.73 Å². The van der Waals surface area contributed by atoms with Crippen molar-refractivity contribution < 1.29 is 4.74 Å². The summed E-state index contributed by atoms with van der Waals surface area (Å²) < 4.78 is 7.68. The van der Waals surface area contributed by atoms with Crippen LogP contribution in [-0.4, -0.2) is 71.9 Å². The molecule has 1 fully saturated rings. The maximum Gasteiger partial charge on any atom is 0.191 e. The van der Waals surface area contributed by atoms with Crippen LogP contribution in [0.3, 0.4) is 0 Å². The number of fused-ring (bicyclic) bond motifs is 1. The van der Waals surface area contributed by atoms with Gasteiger partial charge in [-0.15, -0.1) is 0 Å². The Kier molecular flexibility index (Phi) is 7.28. The van der Waals surface area contributed by atoms with Gasteiger partial charge in [-0.2, -0.15) is 0 Å². The molecule has 7 nitrogen and oxygen atoms in total. The summed E-state index contributed by atoms with van der Waals surface area (Å²) in [7, 11) is 0. The zero-order valence-corrected chi connectivity index (χ0v) is 17.4. The lowest BCUT2D eigenvalue weighted by molar-refractivity contribution is -0.00683. The number of para-hydroxylation sites is 2. The molecule has 0 aliphatic carbocycles. The number of morpholine rings is 1. The van der Waals surface area contributed by atoms with Crippen LogP contribution in [0.2, 0.25) is 0 Å². The molecule has 0 atom stereocenters. The van der Waals surface area contributed by atoms with Gasteiger partial charge in [0.2, 0.25) is 0 Å². The normalized spacial score (nSPS) is 16.5. The lowest BCUT2D eigenvalue weighted by atomic mass is 10.0. The Balaban J connectivity index is 1.49. The van der Waals surface area contributed by atoms with Crippen LogP contribution < -0.4 is 10.6 Å². The van der Waals surface area contributed by atoms with Crippen LogP contribution in [0, 0.1) is 0 Å². The van der Waals surface area contributed by atoms with Crippen molar-refractivity contribution in [1.82, 2.24) is 25.1 Å². The topological polar surface area (TPSA) is 66.7 Å². The SMILES string of the molecule is CCNC(=NCC(C)(C)N1CCOCC1)NCCCn1cnc2ccccc21. The molecule has 1 aromatic heterocycles. The number of nitrogens with zero attached hydrogens (tertiary/aromatic N) is 4. The van der Waals surface area contributed by atoms with Crippen LogP contribution in [0.15, 0.2) is 35.6 Å². The van der Waals surface area contributed by atoms with Crippen molar-refractivity contribution in [3.05, 3.63) is 30.6 Å². The molecule has 1 aliphatic heterocycles. The Morgan fingerprint density at radius 3 is 2.79 bits per heavy atom. The summed E-state index contributed by atoms with van der Waals surface area (Å²) in [5.74, 6) is 0.888. The predicted molar refractivity (Wildman–Crippen MR) is 115 cm³/mol. The molecule has 1 saturated heterocycles. The van der Waals surface area contributed by atoms with Crippen molar-refractivity contribution in [3.8, 4) is 0 Å². The van der Waals surface area contributed by atoms with Crippen molar-refractivity contribution in [2.45, 2.75) is 39.3 Å². The minimum atomic E-state index is 0.0296. The van der Waals surface area contributed by atoms with E-state index in [2.05, 4.69) is 64.1 Å². The number of hydrogen-bond acceptors (Lipinski definition) is 4. The minimum Gasteiger partial charge on any atom is -0.379 e. The highest BCUT2D eigenvalue weighted by atomic mass is 16.5. The molecule has 1 aliphatic rings. The van der Waals surface area contributed by atoms with E-state index in [1.54, 1.807) is 0 Å². The third kappa shape index (κ3) is 5.45. The minimum absolute atomic E-state index is 0.0296. The number of hydrogen-bond donors (Lipinski definition) is 2. The summed E-state index contributed by atoms with van der Waals surface area (Å²) in [6, 6.07) is 8.26. The molecule has 7 heteroatoms. The van der Waals surface area contributed by atoms with E-state index in [9.17, 15) is 0 Å². The molecule has 0 unspecified atom stereocenters. The van der Waals surface area contributed by atoms with Crippen LogP contribution in [0.4, 0.5) is 0 Å². The van der Waals surface area contributed by atoms with Crippen molar-refractivity contribution in [2.75, 3.05) is 45.9 Å². The average Bonchev–Trinajstić information content (AvgIpc) is 3.13. The van der Waals surface area contributed by atoms with E-state index in [-0.39, 0.29) is 5.54 Å². The molecule has 3 rings (SSSR count). The van der Waals surface area contributed by atoms with Gasteiger partial charge in [0.15, 0.2) is 5.96 Å². The Morgan fingerprint density at radius 2 is 2.00 bits per heavy atom. The highest BCUT2D eigenvalue weighted by Crippen LogP contribution is 2.16. The fourth-order valence-electron chi connectivity index (χ4n) is 3.53. The predicted octanol–water partition coefficient (Wildman–Crippen LogP) is 2.09. The molecular weight excluding hydrogens is 352 g/mol. The number of benzene rings is 1. The number of aromatic nitrogens is 2. The van der Waals surface area contributed by atoms with E-state index in [0.29, 0.717) is 0 Å². The number of nitrogens with one attached hydrogen (secondary N) is 2. The molecule has 28 heavy (non-hydrogen) atoms. The molecule has 0 saturated carbocycles. The Morgan fingerprint density at radius 1 is 1.21 bits per heavy atom. The van der Waals surface area contributed by atoms with Gasteiger partial charge in [-0.05, 0) is 39.3 Å². The maximum atomic E-state index is 5.47. The van der Waals surface area contributed by atoms with E-state index in [0.717, 1.165) is 70.4 Å². The molecule has 0 bridgehead atoms. The van der Waals surface area contributed by atoms with Crippen LogP contribution >= 0.6 is 0 Å². The van der Waals surface area contributed by atoms with Crippen LogP contribution in [-0.2, 0) is 11.3 Å². The smallest absolute Gasteiger partial charge is 0.191 e. The second kappa shape index (κ2) is 9.89. The monoisotopic (exact) mass is 386 g/mol. The summed E-state index contributed by atoms with van der Waals surface area (Å²) in [5.41, 5.74) is 2.27. The van der Waals surface area contributed by atoms with E-state index in [1.165, 1.54) is 5.52 Å². The van der Waals surface area contributed by atoms with Crippen molar-refractivity contribution in [2.24, 2.45) is 4.99 Å². The summed E-state index contributed by atoms with van der Waals surface area (Å²) in [5, 5.41) is 6.83. The first-order valence-electron chi connectivity index (χ1n) is 10.3. The average molecular weight is 387 g/mol. The van der Waals surface area contributed by atoms with Crippen molar-refractivity contribution >= 4 is 17.0 Å². The van der Waals surface area contributed by atoms with Gasteiger partial charge in [0, 0.05) is 38.3 Å². The van der Waals surface area contributed by atoms with Gasteiger partial charge in [0.05, 0.1) is 37.1 Å². The van der Waals surface area contributed by atoms with Crippen LogP contribution in [0.5, 0.6) is 0 Å². The molecule has 0 radical (unpaired) electrons. The van der Waals surface area contributed by atoms with Gasteiger partial charge in [0.1, 0.15) is 0 Å². The summed E-state index contributed by atoms with van der Waals surface area (Å²) in [6.07, 6.45) is 2.94. The first kappa shape index (κ1) is 20.6. The number of ether oxygens (including phenoxy) is 1. The van der Waals surface area contributed by atoms with Crippen molar-refractivity contribution in [1.29, 1.82) is 0 Å². The van der Waals surface area contributed by atoms with Gasteiger partial charge in [0.25, 0.3) is 0 Å². The third-order valence-electron chi connectivity index (χ3n) is 5.23. The number of imidazole rings is 1. The van der Waals surface area contributed by atoms with Gasteiger partial charge in [-0.1, -0.05) is 12.1 Å². The maximum absolute atomic E-state index is 5.47. The Bertz CT molecular complexity index is 763. The number of aryl methyl sites for hydroxylation is 1. The first-order chi connectivity index (χ1) is 13.6. The lowest BCUT2D eigenvalue weighted by Gasteiger charge is -2.39. The first-order valence-corrected chi connectivity index (χ1v) is 10.3. The van der Waals surface area contributed by atoms with Gasteiger partial charge in [-0.25, -0.2) is 4.98 Å². The van der Waals surface area contributed by atoms with Crippen LogP contribution in [0.1, 0.15) is 27.2 Å². The van der Waals surface area contributed by atoms with E-state index >= 15 is 0 Å². The molecule has 1 aromatic carbocycles. The quantitative estimate of drug-likeness (QED) is 0.413. The molecule has 2 heterocycles. The number of guanidine groups is 1. The third-order valence-corrected chi connectivity index (χ3v) is 5.23. The molecular formula is C21H34N6O. The van der Waals surface area contributed by atoms with Gasteiger partial charge in [-0.3, -0.25) is 9.89 Å². The fourth-order valence-corrected chi connectivity index (χ4v) is 3.53. The van der Waals surface area contributed by atoms with Gasteiger partial charge < -0.3 is 19.9 Å². The van der Waals surface area contributed by atoms with E-state index < -0.39 is 0 Å². The summed E-state index contributed by atoms with van der Waals surface area (Å²) >= 11 is 0. The summed E-state index contributed by atoms with van der Waals surface area (Å²) in [6.45, 7) is 13.6. The van der Waals surface area contributed by atoms with E-state index in [1.807, 2.05) is 12.4 Å². The second-order valence-electron chi connectivity index (χ2n) is 7.81. The molecule has 0 spiro atoms.